The molecule has 106 valence electrons. The molecular weight excluding hydrogens is 302 g/mol. The fourth-order valence-electron chi connectivity index (χ4n) is 1.35. The topological polar surface area (TPSA) is 89.3 Å². The van der Waals surface area contributed by atoms with Crippen LogP contribution in [0.2, 0.25) is 5.02 Å². The SMILES string of the molecule is Cc1cc(C(=O)NCC(F)F)cc(S(N)(=O)=O)c1Cl. The summed E-state index contributed by atoms with van der Waals surface area (Å²) in [6, 6.07) is 2.24. The third kappa shape index (κ3) is 4.12. The molecule has 1 rings (SSSR count). The zero-order valence-electron chi connectivity index (χ0n) is 9.78. The van der Waals surface area contributed by atoms with Gasteiger partial charge in [-0.3, -0.25) is 4.79 Å². The monoisotopic (exact) mass is 312 g/mol. The Morgan fingerprint density at radius 3 is 2.53 bits per heavy atom. The highest BCUT2D eigenvalue weighted by atomic mass is 35.5. The van der Waals surface area contributed by atoms with E-state index in [0.29, 0.717) is 5.56 Å². The average molecular weight is 313 g/mol. The van der Waals surface area contributed by atoms with Crippen LogP contribution in [-0.4, -0.2) is 27.3 Å². The number of aryl methyl sites for hydroxylation is 1. The number of halogens is 3. The van der Waals surface area contributed by atoms with Crippen molar-refractivity contribution in [2.75, 3.05) is 6.54 Å². The molecule has 0 fully saturated rings. The molecular formula is C10H11ClF2N2O3S. The normalized spacial score (nSPS) is 11.7. The van der Waals surface area contributed by atoms with Gasteiger partial charge in [0, 0.05) is 5.56 Å². The molecule has 0 saturated heterocycles. The summed E-state index contributed by atoms with van der Waals surface area (Å²) in [6.07, 6.45) is -2.70. The summed E-state index contributed by atoms with van der Waals surface area (Å²) in [6.45, 7) is 0.645. The number of carbonyl (C=O) groups is 1. The lowest BCUT2D eigenvalue weighted by Crippen LogP contribution is -2.28. The maximum atomic E-state index is 12.0. The highest BCUT2D eigenvalue weighted by Gasteiger charge is 2.19. The summed E-state index contributed by atoms with van der Waals surface area (Å²) in [5.74, 6) is -0.829. The van der Waals surface area contributed by atoms with Crippen LogP contribution in [0.25, 0.3) is 0 Å². The van der Waals surface area contributed by atoms with Crippen molar-refractivity contribution < 1.29 is 22.0 Å². The molecule has 0 radical (unpaired) electrons. The summed E-state index contributed by atoms with van der Waals surface area (Å²) < 4.78 is 46.5. The maximum Gasteiger partial charge on any atom is 0.255 e. The van der Waals surface area contributed by atoms with Gasteiger partial charge >= 0.3 is 0 Å². The van der Waals surface area contributed by atoms with E-state index in [-0.39, 0.29) is 10.6 Å². The lowest BCUT2D eigenvalue weighted by molar-refractivity contribution is 0.0891. The average Bonchev–Trinajstić information content (AvgIpc) is 2.27. The Kier molecular flexibility index (Phi) is 4.83. The van der Waals surface area contributed by atoms with Crippen molar-refractivity contribution in [2.45, 2.75) is 18.2 Å². The van der Waals surface area contributed by atoms with Crippen LogP contribution in [0.5, 0.6) is 0 Å². The highest BCUT2D eigenvalue weighted by Crippen LogP contribution is 2.25. The van der Waals surface area contributed by atoms with E-state index >= 15 is 0 Å². The minimum absolute atomic E-state index is 0.104. The first-order chi connectivity index (χ1) is 8.62. The summed E-state index contributed by atoms with van der Waals surface area (Å²) >= 11 is 5.77. The molecule has 0 aliphatic heterocycles. The van der Waals surface area contributed by atoms with E-state index in [1.165, 1.54) is 13.0 Å². The number of hydrogen-bond acceptors (Lipinski definition) is 3. The third-order valence-electron chi connectivity index (χ3n) is 2.21. The van der Waals surface area contributed by atoms with Crippen molar-refractivity contribution in [1.82, 2.24) is 5.32 Å². The molecule has 0 spiro atoms. The second-order valence-corrected chi connectivity index (χ2v) is 5.66. The molecule has 0 aliphatic carbocycles. The van der Waals surface area contributed by atoms with Gasteiger partial charge in [-0.05, 0) is 24.6 Å². The van der Waals surface area contributed by atoms with Gasteiger partial charge < -0.3 is 5.32 Å². The minimum atomic E-state index is -4.10. The van der Waals surface area contributed by atoms with Gasteiger partial charge in [-0.1, -0.05) is 11.6 Å². The Hall–Kier alpha value is -1.25. The molecule has 3 N–H and O–H groups in total. The van der Waals surface area contributed by atoms with E-state index in [9.17, 15) is 22.0 Å². The predicted octanol–water partition coefficient (Wildman–Crippen LogP) is 1.29. The number of nitrogens with one attached hydrogen (secondary N) is 1. The van der Waals surface area contributed by atoms with Crippen molar-refractivity contribution in [2.24, 2.45) is 5.14 Å². The molecule has 0 aromatic heterocycles. The Morgan fingerprint density at radius 2 is 2.05 bits per heavy atom. The molecule has 1 amide bonds. The largest absolute Gasteiger partial charge is 0.346 e. The van der Waals surface area contributed by atoms with Gasteiger partial charge in [0.25, 0.3) is 12.3 Å². The third-order valence-corrected chi connectivity index (χ3v) is 3.76. The molecule has 0 heterocycles. The van der Waals surface area contributed by atoms with Gasteiger partial charge in [0.1, 0.15) is 4.90 Å². The lowest BCUT2D eigenvalue weighted by atomic mass is 10.1. The second-order valence-electron chi connectivity index (χ2n) is 3.75. The van der Waals surface area contributed by atoms with E-state index in [0.717, 1.165) is 6.07 Å². The first-order valence-corrected chi connectivity index (χ1v) is 6.94. The second kappa shape index (κ2) is 5.81. The zero-order chi connectivity index (χ0) is 14.8. The molecule has 9 heteroatoms. The number of nitrogens with two attached hydrogens (primary N) is 1. The zero-order valence-corrected chi connectivity index (χ0v) is 11.4. The Labute approximate surface area is 113 Å². The highest BCUT2D eigenvalue weighted by molar-refractivity contribution is 7.89. The number of benzene rings is 1. The smallest absolute Gasteiger partial charge is 0.255 e. The van der Waals surface area contributed by atoms with Gasteiger partial charge in [0.05, 0.1) is 11.6 Å². The molecule has 5 nitrogen and oxygen atoms in total. The Morgan fingerprint density at radius 1 is 1.47 bits per heavy atom. The molecule has 1 aromatic rings. The minimum Gasteiger partial charge on any atom is -0.346 e. The van der Waals surface area contributed by atoms with Crippen molar-refractivity contribution >= 4 is 27.5 Å². The van der Waals surface area contributed by atoms with Crippen molar-refractivity contribution in [1.29, 1.82) is 0 Å². The molecule has 0 aliphatic rings. The van der Waals surface area contributed by atoms with E-state index in [4.69, 9.17) is 16.7 Å². The van der Waals surface area contributed by atoms with Crippen LogP contribution < -0.4 is 10.5 Å². The molecule has 0 bridgehead atoms. The van der Waals surface area contributed by atoms with E-state index in [1.54, 1.807) is 0 Å². The summed E-state index contributed by atoms with van der Waals surface area (Å²) in [5, 5.41) is 6.81. The number of amides is 1. The van der Waals surface area contributed by atoms with E-state index in [2.05, 4.69) is 0 Å². The van der Waals surface area contributed by atoms with Crippen LogP contribution in [0.4, 0.5) is 8.78 Å². The molecule has 1 aromatic carbocycles. The van der Waals surface area contributed by atoms with Gasteiger partial charge in [0.15, 0.2) is 0 Å². The number of carbonyl (C=O) groups excluding carboxylic acids is 1. The number of alkyl halides is 2. The molecule has 0 unspecified atom stereocenters. The lowest BCUT2D eigenvalue weighted by Gasteiger charge is -2.09. The number of rotatable bonds is 4. The number of hydrogen-bond donors (Lipinski definition) is 2. The van der Waals surface area contributed by atoms with Gasteiger partial charge in [-0.2, -0.15) is 0 Å². The quantitative estimate of drug-likeness (QED) is 0.878. The summed E-state index contributed by atoms with van der Waals surface area (Å²) in [7, 11) is -4.10. The first kappa shape index (κ1) is 15.8. The van der Waals surface area contributed by atoms with Crippen LogP contribution in [0.15, 0.2) is 17.0 Å². The summed E-state index contributed by atoms with van der Waals surface area (Å²) in [5.41, 5.74) is 0.196. The van der Waals surface area contributed by atoms with Crippen LogP contribution >= 0.6 is 11.6 Å². The molecule has 19 heavy (non-hydrogen) atoms. The van der Waals surface area contributed by atoms with Crippen LogP contribution in [-0.2, 0) is 10.0 Å². The number of sulfonamides is 1. The van der Waals surface area contributed by atoms with Gasteiger partial charge in [0.2, 0.25) is 10.0 Å². The maximum absolute atomic E-state index is 12.0. The molecule has 0 atom stereocenters. The van der Waals surface area contributed by atoms with E-state index in [1.807, 2.05) is 5.32 Å². The van der Waals surface area contributed by atoms with Crippen LogP contribution in [0.1, 0.15) is 15.9 Å². The van der Waals surface area contributed by atoms with Crippen LogP contribution in [0.3, 0.4) is 0 Å². The fourth-order valence-corrected chi connectivity index (χ4v) is 2.48. The van der Waals surface area contributed by atoms with Crippen molar-refractivity contribution in [3.8, 4) is 0 Å². The Balaban J connectivity index is 3.18. The first-order valence-electron chi connectivity index (χ1n) is 5.02. The molecule has 0 saturated carbocycles. The standard InChI is InChI=1S/C10H11ClF2N2O3S/c1-5-2-6(10(16)15-4-8(12)13)3-7(9(5)11)19(14,17)18/h2-3,8H,4H2,1H3,(H,15,16)(H2,14,17,18). The van der Waals surface area contributed by atoms with Gasteiger partial charge in [-0.15, -0.1) is 0 Å². The predicted molar refractivity (Wildman–Crippen MR) is 65.9 cm³/mol. The van der Waals surface area contributed by atoms with Crippen LogP contribution in [0, 0.1) is 6.92 Å². The number of primary sulfonamides is 1. The van der Waals surface area contributed by atoms with Gasteiger partial charge in [-0.25, -0.2) is 22.3 Å². The summed E-state index contributed by atoms with van der Waals surface area (Å²) in [4.78, 5) is 11.1. The van der Waals surface area contributed by atoms with Crippen molar-refractivity contribution in [3.63, 3.8) is 0 Å². The van der Waals surface area contributed by atoms with Crippen molar-refractivity contribution in [3.05, 3.63) is 28.3 Å². The Bertz CT molecular complexity index is 605. The van der Waals surface area contributed by atoms with E-state index < -0.39 is 33.8 Å². The fraction of sp³-hybridized carbons (Fsp3) is 0.300.